The second kappa shape index (κ2) is 23.1. The normalized spacial score (nSPS) is 16.7. The van der Waals surface area contributed by atoms with Crippen LogP contribution in [0.3, 0.4) is 0 Å². The second-order valence-corrected chi connectivity index (χ2v) is 12.4. The molecule has 0 aromatic carbocycles. The number of hydrogen-bond acceptors (Lipinski definition) is 3. The minimum absolute atomic E-state index is 0.193. The number of unbranched alkanes of at least 4 members (excludes halogenated alkanes) is 14. The first kappa shape index (κ1) is 33.0. The first-order chi connectivity index (χ1) is 17.2. The summed E-state index contributed by atoms with van der Waals surface area (Å²) in [5.74, 6) is 3.06. The fraction of sp³-hybridized carbons (Fsp3) is 0.969. The van der Waals surface area contributed by atoms with Gasteiger partial charge in [0.2, 0.25) is 0 Å². The number of thioether (sulfide) groups is 1. The van der Waals surface area contributed by atoms with Gasteiger partial charge in [-0.3, -0.25) is 9.69 Å². The Bertz CT molecular complexity index is 456. The maximum absolute atomic E-state index is 14.0. The minimum atomic E-state index is 0.193. The van der Waals surface area contributed by atoms with E-state index in [0.717, 1.165) is 24.5 Å². The third-order valence-corrected chi connectivity index (χ3v) is 9.24. The highest BCUT2D eigenvalue weighted by Crippen LogP contribution is 2.32. The Morgan fingerprint density at radius 2 is 1.03 bits per heavy atom. The molecule has 0 aliphatic carbocycles. The van der Waals surface area contributed by atoms with Crippen molar-refractivity contribution in [3.63, 3.8) is 0 Å². The van der Waals surface area contributed by atoms with Gasteiger partial charge in [-0.2, -0.15) is 0 Å². The minimum Gasteiger partial charge on any atom is -0.298 e. The second-order valence-electron chi connectivity index (χ2n) is 11.4. The molecule has 1 heterocycles. The van der Waals surface area contributed by atoms with Crippen molar-refractivity contribution in [1.29, 1.82) is 0 Å². The van der Waals surface area contributed by atoms with Gasteiger partial charge in [0.05, 0.1) is 6.04 Å². The Labute approximate surface area is 225 Å². The van der Waals surface area contributed by atoms with Gasteiger partial charge < -0.3 is 0 Å². The van der Waals surface area contributed by atoms with E-state index in [1.165, 1.54) is 128 Å². The predicted molar refractivity (Wildman–Crippen MR) is 160 cm³/mol. The molecule has 0 aromatic heterocycles. The highest BCUT2D eigenvalue weighted by atomic mass is 32.2. The van der Waals surface area contributed by atoms with Gasteiger partial charge in [0, 0.05) is 23.6 Å². The van der Waals surface area contributed by atoms with Crippen LogP contribution in [-0.2, 0) is 4.79 Å². The van der Waals surface area contributed by atoms with E-state index in [2.05, 4.69) is 32.6 Å². The topological polar surface area (TPSA) is 20.3 Å². The molecule has 0 radical (unpaired) electrons. The smallest absolute Gasteiger partial charge is 0.153 e. The lowest BCUT2D eigenvalue weighted by molar-refractivity contribution is -0.128. The summed E-state index contributed by atoms with van der Waals surface area (Å²) in [5.41, 5.74) is 0. The van der Waals surface area contributed by atoms with E-state index < -0.39 is 0 Å². The zero-order valence-corrected chi connectivity index (χ0v) is 25.3. The Kier molecular flexibility index (Phi) is 21.8. The van der Waals surface area contributed by atoms with E-state index >= 15 is 0 Å². The molecule has 1 saturated heterocycles. The summed E-state index contributed by atoms with van der Waals surface area (Å²) in [6, 6.07) is 0.821. The van der Waals surface area contributed by atoms with E-state index in [-0.39, 0.29) is 6.04 Å². The summed E-state index contributed by atoms with van der Waals surface area (Å²) in [7, 11) is 0. The number of hydrogen-bond donors (Lipinski definition) is 0. The van der Waals surface area contributed by atoms with Crippen molar-refractivity contribution in [2.24, 2.45) is 5.92 Å². The van der Waals surface area contributed by atoms with Crippen LogP contribution in [-0.4, -0.2) is 34.4 Å². The zero-order valence-electron chi connectivity index (χ0n) is 24.5. The molecule has 0 amide bonds. The Morgan fingerprint density at radius 1 is 0.629 bits per heavy atom. The van der Waals surface area contributed by atoms with Gasteiger partial charge >= 0.3 is 0 Å². The highest BCUT2D eigenvalue weighted by Gasteiger charge is 2.37. The quantitative estimate of drug-likeness (QED) is 0.114. The van der Waals surface area contributed by atoms with Crippen LogP contribution in [0.2, 0.25) is 0 Å². The van der Waals surface area contributed by atoms with Crippen LogP contribution >= 0.6 is 11.8 Å². The van der Waals surface area contributed by atoms with Gasteiger partial charge in [-0.15, -0.1) is 11.8 Å². The summed E-state index contributed by atoms with van der Waals surface area (Å²) in [5, 5.41) is 0. The van der Waals surface area contributed by atoms with E-state index in [1.807, 2.05) is 11.8 Å². The first-order valence-corrected chi connectivity index (χ1v) is 17.2. The van der Waals surface area contributed by atoms with Gasteiger partial charge in [-0.05, 0) is 25.7 Å². The Morgan fingerprint density at radius 3 is 1.49 bits per heavy atom. The maximum Gasteiger partial charge on any atom is 0.153 e. The molecule has 1 rings (SSSR count). The van der Waals surface area contributed by atoms with Gasteiger partial charge in [-0.1, -0.05) is 143 Å². The molecule has 0 saturated carbocycles. The summed E-state index contributed by atoms with van der Waals surface area (Å²) in [6.07, 6.45) is 28.8. The van der Waals surface area contributed by atoms with Crippen LogP contribution in [0.15, 0.2) is 0 Å². The fourth-order valence-electron chi connectivity index (χ4n) is 5.84. The van der Waals surface area contributed by atoms with Gasteiger partial charge in [0.15, 0.2) is 5.78 Å². The lowest BCUT2D eigenvalue weighted by atomic mass is 9.87. The third kappa shape index (κ3) is 15.1. The molecule has 1 atom stereocenters. The average Bonchev–Trinajstić information content (AvgIpc) is 3.35. The fourth-order valence-corrected chi connectivity index (χ4v) is 7.13. The highest BCUT2D eigenvalue weighted by molar-refractivity contribution is 7.99. The van der Waals surface area contributed by atoms with Crippen molar-refractivity contribution in [3.05, 3.63) is 0 Å². The van der Waals surface area contributed by atoms with Crippen LogP contribution in [0.1, 0.15) is 169 Å². The summed E-state index contributed by atoms with van der Waals surface area (Å²) in [6.45, 7) is 9.17. The van der Waals surface area contributed by atoms with Crippen LogP contribution in [0.4, 0.5) is 0 Å². The van der Waals surface area contributed by atoms with Crippen molar-refractivity contribution in [3.8, 4) is 0 Å². The van der Waals surface area contributed by atoms with Crippen molar-refractivity contribution in [1.82, 2.24) is 4.90 Å². The lowest BCUT2D eigenvalue weighted by Gasteiger charge is -2.34. The molecule has 3 heteroatoms. The third-order valence-electron chi connectivity index (χ3n) is 8.21. The molecule has 2 nitrogen and oxygen atoms in total. The molecule has 35 heavy (non-hydrogen) atoms. The lowest BCUT2D eigenvalue weighted by Crippen LogP contribution is -2.46. The van der Waals surface area contributed by atoms with Crippen LogP contribution < -0.4 is 0 Å². The summed E-state index contributed by atoms with van der Waals surface area (Å²) < 4.78 is 0. The van der Waals surface area contributed by atoms with Crippen LogP contribution in [0, 0.1) is 5.92 Å². The number of ketones is 1. The van der Waals surface area contributed by atoms with E-state index in [1.54, 1.807) is 0 Å². The number of rotatable bonds is 25. The molecular formula is C32H63NOS. The molecule has 1 fully saturated rings. The number of nitrogens with zero attached hydrogens (tertiary/aromatic N) is 1. The maximum atomic E-state index is 14.0. The number of carbonyl (C=O) groups is 1. The van der Waals surface area contributed by atoms with Crippen LogP contribution in [0.5, 0.6) is 0 Å². The predicted octanol–water partition coefficient (Wildman–Crippen LogP) is 10.6. The monoisotopic (exact) mass is 509 g/mol. The molecule has 0 N–H and O–H groups in total. The van der Waals surface area contributed by atoms with Crippen LogP contribution in [0.25, 0.3) is 0 Å². The number of Topliss-reactive ketones (excluding diaryl/α,β-unsaturated/α-hetero) is 1. The van der Waals surface area contributed by atoms with E-state index in [9.17, 15) is 4.79 Å². The molecular weight excluding hydrogens is 446 g/mol. The zero-order chi connectivity index (χ0) is 25.6. The molecule has 1 aliphatic rings. The molecule has 0 unspecified atom stereocenters. The van der Waals surface area contributed by atoms with Gasteiger partial charge in [-0.25, -0.2) is 0 Å². The van der Waals surface area contributed by atoms with Gasteiger partial charge in [0.25, 0.3) is 0 Å². The Balaban J connectivity index is 2.76. The van der Waals surface area contributed by atoms with E-state index in [4.69, 9.17) is 0 Å². The number of carbonyl (C=O) groups excluding carboxylic acids is 1. The summed E-state index contributed by atoms with van der Waals surface area (Å²) in [4.78, 5) is 16.7. The Hall–Kier alpha value is -0.0200. The summed E-state index contributed by atoms with van der Waals surface area (Å²) >= 11 is 2.03. The standard InChI is InChI=1S/C32H63NOS/c1-5-9-13-17-21-25-30(26-22-18-14-10-6-2)33-28-35-27-31(33)32(34)29(23-19-15-11-7-3)24-20-16-12-8-4/h29-31H,5-28H2,1-4H3/t31-/m0/s1. The SMILES string of the molecule is CCCCCCCC(CCCCCCC)N1CSC[C@H]1C(=O)C(CCCCCC)CCCCCC. The molecule has 1 aliphatic heterocycles. The van der Waals surface area contributed by atoms with Gasteiger partial charge in [0.1, 0.15) is 0 Å². The van der Waals surface area contributed by atoms with E-state index in [0.29, 0.717) is 17.7 Å². The first-order valence-electron chi connectivity index (χ1n) is 16.1. The largest absolute Gasteiger partial charge is 0.298 e. The average molecular weight is 510 g/mol. The van der Waals surface area contributed by atoms with Crippen molar-refractivity contribution in [2.75, 3.05) is 11.6 Å². The molecule has 0 spiro atoms. The van der Waals surface area contributed by atoms with Crippen molar-refractivity contribution in [2.45, 2.75) is 181 Å². The van der Waals surface area contributed by atoms with Crippen molar-refractivity contribution < 1.29 is 4.79 Å². The molecule has 208 valence electrons. The van der Waals surface area contributed by atoms with Crippen molar-refractivity contribution >= 4 is 17.5 Å². The molecule has 0 aromatic rings. The molecule has 0 bridgehead atoms.